The summed E-state index contributed by atoms with van der Waals surface area (Å²) in [6.45, 7) is 0. The molecule has 1 aliphatic rings. The summed E-state index contributed by atoms with van der Waals surface area (Å²) >= 11 is 3.06. The van der Waals surface area contributed by atoms with Crippen LogP contribution in [0.3, 0.4) is 0 Å². The van der Waals surface area contributed by atoms with Crippen molar-refractivity contribution in [2.45, 2.75) is 49.1 Å². The number of nitrogens with one attached hydrogen (secondary N) is 1. The number of benzene rings is 1. The molecule has 3 heterocycles. The number of aromatic nitrogens is 5. The lowest BCUT2D eigenvalue weighted by atomic mass is 9.95. The van der Waals surface area contributed by atoms with Crippen molar-refractivity contribution in [3.05, 3.63) is 70.9 Å². The van der Waals surface area contributed by atoms with E-state index in [2.05, 4.69) is 25.5 Å². The van der Waals surface area contributed by atoms with Gasteiger partial charge in [0, 0.05) is 35.1 Å². The molecule has 1 fully saturated rings. The van der Waals surface area contributed by atoms with Crippen molar-refractivity contribution in [3.63, 3.8) is 0 Å². The van der Waals surface area contributed by atoms with Crippen LogP contribution in [0.1, 0.15) is 47.6 Å². The molecule has 1 aliphatic carbocycles. The van der Waals surface area contributed by atoms with Crippen LogP contribution in [0.5, 0.6) is 0 Å². The van der Waals surface area contributed by atoms with Gasteiger partial charge < -0.3 is 5.32 Å². The molecule has 33 heavy (non-hydrogen) atoms. The molecule has 1 N–H and O–H groups in total. The number of nitrogens with zero attached hydrogens (tertiary/aromatic N) is 5. The van der Waals surface area contributed by atoms with Crippen LogP contribution < -0.4 is 5.32 Å². The third-order valence-electron chi connectivity index (χ3n) is 5.62. The zero-order valence-corrected chi connectivity index (χ0v) is 19.7. The molecule has 5 rings (SSSR count). The van der Waals surface area contributed by atoms with Gasteiger partial charge in [-0.05, 0) is 37.1 Å². The highest BCUT2D eigenvalue weighted by Gasteiger charge is 2.20. The molecule has 1 saturated carbocycles. The lowest BCUT2D eigenvalue weighted by molar-refractivity contribution is 0.0923. The molecule has 0 atom stereocenters. The Morgan fingerprint density at radius 2 is 1.94 bits per heavy atom. The van der Waals surface area contributed by atoms with E-state index in [1.807, 2.05) is 52.4 Å². The zero-order chi connectivity index (χ0) is 22.5. The maximum atomic E-state index is 12.6. The zero-order valence-electron chi connectivity index (χ0n) is 18.1. The fourth-order valence-electron chi connectivity index (χ4n) is 3.97. The number of carbonyl (C=O) groups excluding carboxylic acids is 1. The second-order valence-electron chi connectivity index (χ2n) is 7.94. The molecule has 1 aromatic carbocycles. The molecule has 0 spiro atoms. The highest BCUT2D eigenvalue weighted by molar-refractivity contribution is 7.98. The van der Waals surface area contributed by atoms with E-state index in [1.165, 1.54) is 30.6 Å². The highest BCUT2D eigenvalue weighted by atomic mass is 32.2. The van der Waals surface area contributed by atoms with Crippen LogP contribution in [0, 0.1) is 0 Å². The van der Waals surface area contributed by atoms with Crippen molar-refractivity contribution in [3.8, 4) is 17.1 Å². The minimum absolute atomic E-state index is 0.0688. The van der Waals surface area contributed by atoms with Crippen molar-refractivity contribution < 1.29 is 4.79 Å². The number of carbonyl (C=O) groups is 1. The summed E-state index contributed by atoms with van der Waals surface area (Å²) in [6.07, 6.45) is 9.30. The van der Waals surface area contributed by atoms with Gasteiger partial charge in [0.05, 0.1) is 5.75 Å². The molecule has 9 heteroatoms. The number of amides is 1. The Kier molecular flexibility index (Phi) is 6.78. The first-order valence-corrected chi connectivity index (χ1v) is 12.9. The first kappa shape index (κ1) is 21.8. The number of para-hydroxylation sites is 1. The first-order valence-electron chi connectivity index (χ1n) is 11.1. The summed E-state index contributed by atoms with van der Waals surface area (Å²) in [5, 5.41) is 15.5. The third-order valence-corrected chi connectivity index (χ3v) is 7.59. The second-order valence-corrected chi connectivity index (χ2v) is 9.83. The maximum absolute atomic E-state index is 12.6. The van der Waals surface area contributed by atoms with Crippen LogP contribution in [0.15, 0.2) is 65.4 Å². The minimum atomic E-state index is -0.0688. The number of hydrogen-bond acceptors (Lipinski definition) is 7. The molecule has 7 nitrogen and oxygen atoms in total. The standard InChI is InChI=1S/C24H24N6OS2/c31-23(26-18-9-3-1-4-10-18)20-15-32-21(27-20)16-33-24-29-28-22(17-8-7-13-25-14-17)30(24)19-11-5-2-6-12-19/h2,5-8,11-15,18H,1,3-4,9-10,16H2,(H,26,31). The van der Waals surface area contributed by atoms with Gasteiger partial charge in [-0.2, -0.15) is 0 Å². The van der Waals surface area contributed by atoms with E-state index < -0.39 is 0 Å². The van der Waals surface area contributed by atoms with E-state index in [1.54, 1.807) is 24.2 Å². The Labute approximate surface area is 200 Å². The Morgan fingerprint density at radius 1 is 1.09 bits per heavy atom. The minimum Gasteiger partial charge on any atom is -0.348 e. The molecule has 4 aromatic rings. The summed E-state index contributed by atoms with van der Waals surface area (Å²) < 4.78 is 2.03. The summed E-state index contributed by atoms with van der Waals surface area (Å²) in [4.78, 5) is 21.4. The molecule has 168 valence electrons. The monoisotopic (exact) mass is 476 g/mol. The van der Waals surface area contributed by atoms with Crippen LogP contribution in [0.25, 0.3) is 17.1 Å². The van der Waals surface area contributed by atoms with Gasteiger partial charge in [0.2, 0.25) is 0 Å². The summed E-state index contributed by atoms with van der Waals surface area (Å²) in [6, 6.07) is 14.2. The van der Waals surface area contributed by atoms with E-state index >= 15 is 0 Å². The topological polar surface area (TPSA) is 85.6 Å². The van der Waals surface area contributed by atoms with Gasteiger partial charge >= 0.3 is 0 Å². The number of hydrogen-bond donors (Lipinski definition) is 1. The molecule has 0 radical (unpaired) electrons. The van der Waals surface area contributed by atoms with Crippen molar-refractivity contribution in [1.82, 2.24) is 30.0 Å². The maximum Gasteiger partial charge on any atom is 0.270 e. The average molecular weight is 477 g/mol. The summed E-state index contributed by atoms with van der Waals surface area (Å²) in [7, 11) is 0. The smallest absolute Gasteiger partial charge is 0.270 e. The van der Waals surface area contributed by atoms with Crippen LogP contribution in [-0.4, -0.2) is 36.7 Å². The van der Waals surface area contributed by atoms with E-state index in [4.69, 9.17) is 0 Å². The van der Waals surface area contributed by atoms with Gasteiger partial charge in [0.15, 0.2) is 11.0 Å². The number of thioether (sulfide) groups is 1. The Balaban J connectivity index is 1.32. The average Bonchev–Trinajstić information content (AvgIpc) is 3.52. The third kappa shape index (κ3) is 5.15. The van der Waals surface area contributed by atoms with Gasteiger partial charge in [-0.15, -0.1) is 21.5 Å². The Morgan fingerprint density at radius 3 is 2.73 bits per heavy atom. The fraction of sp³-hybridized carbons (Fsp3) is 0.292. The van der Waals surface area contributed by atoms with Gasteiger partial charge in [-0.3, -0.25) is 14.3 Å². The largest absolute Gasteiger partial charge is 0.348 e. The molecule has 0 unspecified atom stereocenters. The molecule has 0 bridgehead atoms. The van der Waals surface area contributed by atoms with Gasteiger partial charge in [0.25, 0.3) is 5.91 Å². The molecule has 1 amide bonds. The molecule has 0 saturated heterocycles. The van der Waals surface area contributed by atoms with Crippen molar-refractivity contribution in [1.29, 1.82) is 0 Å². The predicted molar refractivity (Wildman–Crippen MR) is 131 cm³/mol. The van der Waals surface area contributed by atoms with E-state index in [9.17, 15) is 4.79 Å². The molecule has 3 aromatic heterocycles. The summed E-state index contributed by atoms with van der Waals surface area (Å²) in [5.41, 5.74) is 2.38. The Hall–Kier alpha value is -3.04. The highest BCUT2D eigenvalue weighted by Crippen LogP contribution is 2.30. The second kappa shape index (κ2) is 10.3. The fourth-order valence-corrected chi connectivity index (χ4v) is 5.71. The summed E-state index contributed by atoms with van der Waals surface area (Å²) in [5.74, 6) is 1.28. The van der Waals surface area contributed by atoms with Crippen molar-refractivity contribution in [2.75, 3.05) is 0 Å². The Bertz CT molecular complexity index is 1200. The van der Waals surface area contributed by atoms with Gasteiger partial charge in [0.1, 0.15) is 10.7 Å². The van der Waals surface area contributed by atoms with Crippen LogP contribution in [0.2, 0.25) is 0 Å². The quantitative estimate of drug-likeness (QED) is 0.372. The van der Waals surface area contributed by atoms with Crippen molar-refractivity contribution in [2.24, 2.45) is 0 Å². The first-order chi connectivity index (χ1) is 16.3. The SMILES string of the molecule is O=C(NC1CCCCC1)c1csc(CSc2nnc(-c3cccnc3)n2-c2ccccc2)n1. The van der Waals surface area contributed by atoms with Gasteiger partial charge in [-0.1, -0.05) is 49.2 Å². The lowest BCUT2D eigenvalue weighted by Gasteiger charge is -2.22. The van der Waals surface area contributed by atoms with E-state index in [0.717, 1.165) is 40.1 Å². The normalized spacial score (nSPS) is 14.3. The lowest BCUT2D eigenvalue weighted by Crippen LogP contribution is -2.36. The van der Waals surface area contributed by atoms with E-state index in [0.29, 0.717) is 11.4 Å². The number of thiazole rings is 1. The molecular formula is C24H24N6OS2. The van der Waals surface area contributed by atoms with E-state index in [-0.39, 0.29) is 11.9 Å². The number of rotatable bonds is 7. The van der Waals surface area contributed by atoms with Crippen molar-refractivity contribution >= 4 is 29.0 Å². The number of pyridine rings is 1. The molecular weight excluding hydrogens is 452 g/mol. The van der Waals surface area contributed by atoms with Crippen LogP contribution >= 0.6 is 23.1 Å². The van der Waals surface area contributed by atoms with Gasteiger partial charge in [-0.25, -0.2) is 4.98 Å². The van der Waals surface area contributed by atoms with Crippen LogP contribution in [-0.2, 0) is 5.75 Å². The molecule has 0 aliphatic heterocycles. The van der Waals surface area contributed by atoms with Crippen LogP contribution in [0.4, 0.5) is 0 Å². The predicted octanol–water partition coefficient (Wildman–Crippen LogP) is 5.14.